The summed E-state index contributed by atoms with van der Waals surface area (Å²) in [5.74, 6) is -2.69. The summed E-state index contributed by atoms with van der Waals surface area (Å²) in [5.41, 5.74) is 0.597. The molecule has 0 fully saturated rings. The molecule has 0 spiro atoms. The Labute approximate surface area is 126 Å². The number of carboxylic acid groups (broad SMARTS) is 2. The van der Waals surface area contributed by atoms with Crippen LogP contribution in [-0.4, -0.2) is 11.9 Å². The molecule has 0 aliphatic rings. The van der Waals surface area contributed by atoms with Gasteiger partial charge in [-0.2, -0.15) is 0 Å². The lowest BCUT2D eigenvalue weighted by Crippen LogP contribution is -2.23. The molecular formula is C10H2Br2O4S2-2. The first-order valence-electron chi connectivity index (χ1n) is 4.40. The van der Waals surface area contributed by atoms with Crippen LogP contribution in [-0.2, 0) is 0 Å². The van der Waals surface area contributed by atoms with E-state index in [1.807, 2.05) is 0 Å². The molecule has 0 atom stereocenters. The van der Waals surface area contributed by atoms with E-state index in [9.17, 15) is 19.8 Å². The monoisotopic (exact) mass is 408 g/mol. The van der Waals surface area contributed by atoms with Crippen LogP contribution in [0.2, 0.25) is 0 Å². The fourth-order valence-corrected chi connectivity index (χ4v) is 4.59. The molecule has 0 N–H and O–H groups in total. The predicted molar refractivity (Wildman–Crippen MR) is 71.7 cm³/mol. The molecule has 0 bridgehead atoms. The second-order valence-corrected chi connectivity index (χ2v) is 6.62. The third-order valence-corrected chi connectivity index (χ3v) is 5.89. The fourth-order valence-electron chi connectivity index (χ4n) is 1.44. The van der Waals surface area contributed by atoms with E-state index in [-0.39, 0.29) is 9.75 Å². The number of carboxylic acids is 2. The van der Waals surface area contributed by atoms with Crippen molar-refractivity contribution >= 4 is 66.5 Å². The Morgan fingerprint density at radius 1 is 0.889 bits per heavy atom. The molecule has 2 heterocycles. The molecule has 0 aliphatic heterocycles. The normalized spacial score (nSPS) is 10.6. The molecule has 0 saturated heterocycles. The maximum absolute atomic E-state index is 11.0. The minimum Gasteiger partial charge on any atom is -0.544 e. The Bertz CT molecular complexity index is 588. The van der Waals surface area contributed by atoms with Gasteiger partial charge in [-0.05, 0) is 31.9 Å². The molecule has 2 aromatic heterocycles. The number of hydrogen-bond donors (Lipinski definition) is 0. The van der Waals surface area contributed by atoms with Crippen molar-refractivity contribution in [2.45, 2.75) is 0 Å². The molecule has 4 nitrogen and oxygen atoms in total. The lowest BCUT2D eigenvalue weighted by molar-refractivity contribution is -0.255. The number of hydrogen-bond acceptors (Lipinski definition) is 6. The Kier molecular flexibility index (Phi) is 3.90. The van der Waals surface area contributed by atoms with Crippen molar-refractivity contribution in [2.24, 2.45) is 0 Å². The minimum atomic E-state index is -1.34. The molecule has 0 unspecified atom stereocenters. The molecule has 0 saturated carbocycles. The van der Waals surface area contributed by atoms with Gasteiger partial charge >= 0.3 is 0 Å². The number of aromatic carboxylic acids is 2. The lowest BCUT2D eigenvalue weighted by Gasteiger charge is -2.09. The fraction of sp³-hybridized carbons (Fsp3) is 0. The summed E-state index contributed by atoms with van der Waals surface area (Å²) in [5, 5.41) is 25.2. The van der Waals surface area contributed by atoms with Crippen LogP contribution >= 0.6 is 54.5 Å². The van der Waals surface area contributed by atoms with E-state index >= 15 is 0 Å². The average Bonchev–Trinajstić information content (AvgIpc) is 2.81. The van der Waals surface area contributed by atoms with Gasteiger partial charge in [0.05, 0.1) is 21.7 Å². The first kappa shape index (κ1) is 13.7. The Morgan fingerprint density at radius 2 is 1.22 bits per heavy atom. The third-order valence-electron chi connectivity index (χ3n) is 2.11. The summed E-state index contributed by atoms with van der Waals surface area (Å²) in [4.78, 5) is 22.0. The molecule has 2 rings (SSSR count). The molecule has 0 amide bonds. The molecule has 0 aromatic carbocycles. The van der Waals surface area contributed by atoms with Gasteiger partial charge in [0.2, 0.25) is 0 Å². The second kappa shape index (κ2) is 5.12. The van der Waals surface area contributed by atoms with Crippen molar-refractivity contribution in [1.29, 1.82) is 0 Å². The summed E-state index contributed by atoms with van der Waals surface area (Å²) in [6.45, 7) is 0. The van der Waals surface area contributed by atoms with Crippen LogP contribution in [0.25, 0.3) is 11.1 Å². The van der Waals surface area contributed by atoms with Crippen molar-refractivity contribution < 1.29 is 19.8 Å². The first-order valence-corrected chi connectivity index (χ1v) is 7.75. The van der Waals surface area contributed by atoms with Gasteiger partial charge in [-0.3, -0.25) is 0 Å². The van der Waals surface area contributed by atoms with Crippen LogP contribution in [0.3, 0.4) is 0 Å². The highest BCUT2D eigenvalue weighted by molar-refractivity contribution is 9.11. The molecule has 0 aliphatic carbocycles. The number of thiophene rings is 2. The highest BCUT2D eigenvalue weighted by Gasteiger charge is 2.20. The van der Waals surface area contributed by atoms with E-state index in [1.165, 1.54) is 0 Å². The van der Waals surface area contributed by atoms with Gasteiger partial charge in [0.25, 0.3) is 0 Å². The van der Waals surface area contributed by atoms with Gasteiger partial charge in [0.15, 0.2) is 0 Å². The zero-order valence-corrected chi connectivity index (χ0v) is 13.2. The summed E-state index contributed by atoms with van der Waals surface area (Å²) in [6.07, 6.45) is 0. The van der Waals surface area contributed by atoms with Crippen molar-refractivity contribution in [3.63, 3.8) is 0 Å². The highest BCUT2D eigenvalue weighted by Crippen LogP contribution is 2.43. The van der Waals surface area contributed by atoms with Crippen LogP contribution < -0.4 is 10.2 Å². The first-order chi connectivity index (χ1) is 8.43. The second-order valence-electron chi connectivity index (χ2n) is 3.15. The summed E-state index contributed by atoms with van der Waals surface area (Å²) in [6, 6.07) is 0. The van der Waals surface area contributed by atoms with E-state index in [0.717, 1.165) is 22.7 Å². The quantitative estimate of drug-likeness (QED) is 0.773. The lowest BCUT2D eigenvalue weighted by atomic mass is 10.1. The van der Waals surface area contributed by atoms with E-state index < -0.39 is 11.9 Å². The average molecular weight is 410 g/mol. The van der Waals surface area contributed by atoms with Gasteiger partial charge in [0, 0.05) is 30.8 Å². The number of carbonyl (C=O) groups is 2. The number of halogens is 2. The zero-order valence-electron chi connectivity index (χ0n) is 8.36. The van der Waals surface area contributed by atoms with Crippen LogP contribution in [0, 0.1) is 0 Å². The van der Waals surface area contributed by atoms with Crippen LogP contribution in [0.5, 0.6) is 0 Å². The SMILES string of the molecule is O=C([O-])c1scc(Br)c1-c1c(Br)csc1C(=O)[O-]. The van der Waals surface area contributed by atoms with Crippen molar-refractivity contribution in [1.82, 2.24) is 0 Å². The van der Waals surface area contributed by atoms with E-state index in [4.69, 9.17) is 0 Å². The molecular weight excluding hydrogens is 408 g/mol. The van der Waals surface area contributed by atoms with E-state index in [2.05, 4.69) is 31.9 Å². The summed E-state index contributed by atoms with van der Waals surface area (Å²) >= 11 is 8.37. The Morgan fingerprint density at radius 3 is 1.50 bits per heavy atom. The molecule has 2 aromatic rings. The van der Waals surface area contributed by atoms with Gasteiger partial charge in [-0.15, -0.1) is 22.7 Å². The third kappa shape index (κ3) is 2.25. The molecule has 0 radical (unpaired) electrons. The van der Waals surface area contributed by atoms with Gasteiger partial charge in [-0.25, -0.2) is 0 Å². The summed E-state index contributed by atoms with van der Waals surface area (Å²) < 4.78 is 1.02. The summed E-state index contributed by atoms with van der Waals surface area (Å²) in [7, 11) is 0. The van der Waals surface area contributed by atoms with Gasteiger partial charge < -0.3 is 19.8 Å². The Balaban J connectivity index is 2.76. The number of carbonyl (C=O) groups excluding carboxylic acids is 2. The van der Waals surface area contributed by atoms with E-state index in [1.54, 1.807) is 10.8 Å². The topological polar surface area (TPSA) is 80.3 Å². The van der Waals surface area contributed by atoms with Gasteiger partial charge in [-0.1, -0.05) is 0 Å². The number of rotatable bonds is 3. The zero-order chi connectivity index (χ0) is 13.4. The maximum atomic E-state index is 11.0. The van der Waals surface area contributed by atoms with Crippen LogP contribution in [0.15, 0.2) is 19.7 Å². The largest absolute Gasteiger partial charge is 0.544 e. The van der Waals surface area contributed by atoms with Crippen LogP contribution in [0.4, 0.5) is 0 Å². The Hall–Kier alpha value is -0.700. The highest BCUT2D eigenvalue weighted by atomic mass is 79.9. The molecule has 8 heteroatoms. The van der Waals surface area contributed by atoms with Crippen molar-refractivity contribution in [3.8, 4) is 11.1 Å². The smallest absolute Gasteiger partial charge is 0.0822 e. The van der Waals surface area contributed by atoms with Gasteiger partial charge in [0.1, 0.15) is 0 Å². The van der Waals surface area contributed by atoms with Crippen LogP contribution in [0.1, 0.15) is 19.3 Å². The molecule has 94 valence electrons. The van der Waals surface area contributed by atoms with Crippen molar-refractivity contribution in [3.05, 3.63) is 29.5 Å². The minimum absolute atomic E-state index is 0.0246. The maximum Gasteiger partial charge on any atom is 0.0822 e. The standard InChI is InChI=1S/C10H4Br2O4S2/c11-3-1-17-7(9(13)14)5(3)6-4(12)2-18-8(6)10(15)16/h1-2H,(H,13,14)(H,15,16)/p-2. The predicted octanol–water partition coefficient (Wildman–Crippen LogP) is 1.73. The van der Waals surface area contributed by atoms with Crippen molar-refractivity contribution in [2.75, 3.05) is 0 Å². The molecule has 18 heavy (non-hydrogen) atoms. The van der Waals surface area contributed by atoms with E-state index in [0.29, 0.717) is 20.1 Å².